The van der Waals surface area contributed by atoms with E-state index in [2.05, 4.69) is 28.8 Å². The molecule has 3 heterocycles. The van der Waals surface area contributed by atoms with Crippen molar-refractivity contribution in [2.24, 2.45) is 0 Å². The van der Waals surface area contributed by atoms with Gasteiger partial charge in [-0.25, -0.2) is 4.68 Å². The van der Waals surface area contributed by atoms with Crippen LogP contribution < -0.4 is 0 Å². The first kappa shape index (κ1) is 23.4. The number of aliphatic hydroxyl groups excluding tert-OH is 1. The molecule has 3 aromatic rings. The average Bonchev–Trinajstić information content (AvgIpc) is 3.38. The lowest BCUT2D eigenvalue weighted by molar-refractivity contribution is -0.140. The minimum absolute atomic E-state index is 0.0754. The van der Waals surface area contributed by atoms with Gasteiger partial charge in [0.15, 0.2) is 0 Å². The molecule has 0 bridgehead atoms. The third-order valence-electron chi connectivity index (χ3n) is 6.38. The Balaban J connectivity index is 1.79. The molecule has 1 aliphatic rings. The minimum atomic E-state index is -0.696. The van der Waals surface area contributed by atoms with Crippen molar-refractivity contribution in [3.8, 4) is 5.69 Å². The molecule has 1 fully saturated rings. The van der Waals surface area contributed by atoms with Gasteiger partial charge in [-0.05, 0) is 49.8 Å². The Kier molecular flexibility index (Phi) is 6.88. The number of hydrogen-bond acceptors (Lipinski definition) is 6. The van der Waals surface area contributed by atoms with E-state index in [1.807, 2.05) is 37.3 Å². The number of aromatic nitrogens is 3. The summed E-state index contributed by atoms with van der Waals surface area (Å²) in [6.07, 6.45) is 4.78. The van der Waals surface area contributed by atoms with E-state index in [4.69, 9.17) is 0 Å². The van der Waals surface area contributed by atoms with Crippen LogP contribution in [0, 0.1) is 6.92 Å². The molecule has 0 saturated carbocycles. The van der Waals surface area contributed by atoms with Gasteiger partial charge in [-0.2, -0.15) is 5.10 Å². The molecule has 8 heteroatoms. The van der Waals surface area contributed by atoms with Gasteiger partial charge in [0, 0.05) is 25.5 Å². The van der Waals surface area contributed by atoms with E-state index in [-0.39, 0.29) is 11.3 Å². The van der Waals surface area contributed by atoms with Crippen LogP contribution in [0.25, 0.3) is 11.4 Å². The zero-order chi connectivity index (χ0) is 24.2. The highest BCUT2D eigenvalue weighted by Gasteiger charge is 2.46. The summed E-state index contributed by atoms with van der Waals surface area (Å²) in [6, 6.07) is 12.4. The molecule has 1 saturated heterocycles. The number of aliphatic hydroxyl groups is 1. The SMILES string of the molecule is CCN(CC)CCN1C(=O)C(=O)/C(=C(/O)c2cnn(-c3ccccc3)c2C)C1c1ccncc1. The van der Waals surface area contributed by atoms with Crippen LogP contribution >= 0.6 is 0 Å². The topological polar surface area (TPSA) is 91.6 Å². The number of benzene rings is 1. The Bertz CT molecular complexity index is 1200. The van der Waals surface area contributed by atoms with Crippen LogP contribution in [-0.2, 0) is 9.59 Å². The summed E-state index contributed by atoms with van der Waals surface area (Å²) in [5, 5.41) is 15.8. The molecule has 8 nitrogen and oxygen atoms in total. The maximum atomic E-state index is 13.2. The van der Waals surface area contributed by atoms with Crippen molar-refractivity contribution in [1.29, 1.82) is 0 Å². The molecular weight excluding hydrogens is 430 g/mol. The van der Waals surface area contributed by atoms with Gasteiger partial charge in [-0.3, -0.25) is 14.6 Å². The number of Topliss-reactive ketones (excluding diaryl/α,β-unsaturated/α-hetero) is 1. The molecule has 4 rings (SSSR count). The van der Waals surface area contributed by atoms with Crippen LogP contribution in [0.1, 0.15) is 36.7 Å². The van der Waals surface area contributed by atoms with Crippen LogP contribution in [0.4, 0.5) is 0 Å². The number of carbonyl (C=O) groups excluding carboxylic acids is 2. The lowest BCUT2D eigenvalue weighted by Gasteiger charge is -2.28. The van der Waals surface area contributed by atoms with Crippen molar-refractivity contribution in [3.05, 3.63) is 83.4 Å². The molecule has 1 atom stereocenters. The summed E-state index contributed by atoms with van der Waals surface area (Å²) in [7, 11) is 0. The first-order valence-corrected chi connectivity index (χ1v) is 11.5. The normalized spacial score (nSPS) is 17.6. The zero-order valence-electron chi connectivity index (χ0n) is 19.7. The van der Waals surface area contributed by atoms with Crippen molar-refractivity contribution >= 4 is 17.4 Å². The van der Waals surface area contributed by atoms with E-state index >= 15 is 0 Å². The third-order valence-corrected chi connectivity index (χ3v) is 6.38. The van der Waals surface area contributed by atoms with Crippen LogP contribution in [-0.4, -0.2) is 67.5 Å². The van der Waals surface area contributed by atoms with E-state index in [0.29, 0.717) is 24.3 Å². The van der Waals surface area contributed by atoms with Crippen LogP contribution in [0.15, 0.2) is 66.6 Å². The van der Waals surface area contributed by atoms with E-state index in [1.165, 1.54) is 6.20 Å². The quantitative estimate of drug-likeness (QED) is 0.316. The van der Waals surface area contributed by atoms with Gasteiger partial charge in [-0.1, -0.05) is 32.0 Å². The van der Waals surface area contributed by atoms with E-state index in [1.54, 1.807) is 34.1 Å². The molecule has 1 unspecified atom stereocenters. The maximum absolute atomic E-state index is 13.2. The fourth-order valence-corrected chi connectivity index (χ4v) is 4.41. The highest BCUT2D eigenvalue weighted by molar-refractivity contribution is 6.46. The number of likely N-dealkylation sites (tertiary alicyclic amines) is 1. The predicted octanol–water partition coefficient (Wildman–Crippen LogP) is 3.34. The molecule has 1 N–H and O–H groups in total. The first-order chi connectivity index (χ1) is 16.5. The lowest BCUT2D eigenvalue weighted by Crippen LogP contribution is -2.38. The monoisotopic (exact) mass is 459 g/mol. The number of amides is 1. The molecule has 0 spiro atoms. The molecule has 176 valence electrons. The molecule has 34 heavy (non-hydrogen) atoms. The Labute approximate surface area is 199 Å². The van der Waals surface area contributed by atoms with Crippen LogP contribution in [0.2, 0.25) is 0 Å². The summed E-state index contributed by atoms with van der Waals surface area (Å²) in [5.41, 5.74) is 2.73. The second-order valence-corrected chi connectivity index (χ2v) is 8.19. The number of para-hydroxylation sites is 1. The highest BCUT2D eigenvalue weighted by Crippen LogP contribution is 2.39. The maximum Gasteiger partial charge on any atom is 0.295 e. The van der Waals surface area contributed by atoms with Crippen molar-refractivity contribution in [2.75, 3.05) is 26.2 Å². The lowest BCUT2D eigenvalue weighted by atomic mass is 9.96. The number of ketones is 1. The Morgan fingerprint density at radius 3 is 2.38 bits per heavy atom. The minimum Gasteiger partial charge on any atom is -0.507 e. The van der Waals surface area contributed by atoms with Gasteiger partial charge in [-0.15, -0.1) is 0 Å². The van der Waals surface area contributed by atoms with Gasteiger partial charge >= 0.3 is 0 Å². The van der Waals surface area contributed by atoms with Gasteiger partial charge in [0.05, 0.1) is 34.8 Å². The number of nitrogens with zero attached hydrogens (tertiary/aromatic N) is 5. The Morgan fingerprint density at radius 1 is 1.06 bits per heavy atom. The smallest absolute Gasteiger partial charge is 0.295 e. The molecule has 0 aliphatic carbocycles. The molecule has 1 aliphatic heterocycles. The number of pyridine rings is 1. The number of rotatable bonds is 8. The van der Waals surface area contributed by atoms with E-state index in [0.717, 1.165) is 24.3 Å². The molecule has 1 amide bonds. The van der Waals surface area contributed by atoms with Crippen molar-refractivity contribution in [3.63, 3.8) is 0 Å². The largest absolute Gasteiger partial charge is 0.507 e. The molecule has 1 aromatic carbocycles. The van der Waals surface area contributed by atoms with Crippen molar-refractivity contribution in [2.45, 2.75) is 26.8 Å². The summed E-state index contributed by atoms with van der Waals surface area (Å²) < 4.78 is 1.70. The van der Waals surface area contributed by atoms with Gasteiger partial charge in [0.1, 0.15) is 5.76 Å². The van der Waals surface area contributed by atoms with Gasteiger partial charge < -0.3 is 14.9 Å². The van der Waals surface area contributed by atoms with E-state index < -0.39 is 17.7 Å². The number of likely N-dealkylation sites (N-methyl/N-ethyl adjacent to an activating group) is 1. The van der Waals surface area contributed by atoms with E-state index in [9.17, 15) is 14.7 Å². The summed E-state index contributed by atoms with van der Waals surface area (Å²) >= 11 is 0. The second kappa shape index (κ2) is 10.0. The first-order valence-electron chi connectivity index (χ1n) is 11.5. The fraction of sp³-hybridized carbons (Fsp3) is 0.308. The van der Waals surface area contributed by atoms with Crippen molar-refractivity contribution < 1.29 is 14.7 Å². The third kappa shape index (κ3) is 4.24. The Morgan fingerprint density at radius 2 is 1.74 bits per heavy atom. The van der Waals surface area contributed by atoms with Gasteiger partial charge in [0.2, 0.25) is 0 Å². The molecular formula is C26H29N5O3. The molecule has 0 radical (unpaired) electrons. The molecule has 2 aromatic heterocycles. The summed E-state index contributed by atoms with van der Waals surface area (Å²) in [4.78, 5) is 34.1. The fourth-order valence-electron chi connectivity index (χ4n) is 4.41. The average molecular weight is 460 g/mol. The second-order valence-electron chi connectivity index (χ2n) is 8.19. The summed E-state index contributed by atoms with van der Waals surface area (Å²) in [6.45, 7) is 8.64. The standard InChI is InChI=1S/C26H29N5O3/c1-4-29(5-2)15-16-30-23(19-11-13-27-14-12-19)22(25(33)26(30)34)24(32)21-17-28-31(18(21)3)20-9-7-6-8-10-20/h6-14,17,23,32H,4-5,15-16H2,1-3H3/b24-22+. The number of hydrogen-bond donors (Lipinski definition) is 1. The van der Waals surface area contributed by atoms with Gasteiger partial charge in [0.25, 0.3) is 11.7 Å². The number of carbonyl (C=O) groups is 2. The predicted molar refractivity (Wildman–Crippen MR) is 129 cm³/mol. The van der Waals surface area contributed by atoms with Crippen LogP contribution in [0.3, 0.4) is 0 Å². The van der Waals surface area contributed by atoms with Crippen LogP contribution in [0.5, 0.6) is 0 Å². The van der Waals surface area contributed by atoms with Crippen molar-refractivity contribution in [1.82, 2.24) is 24.6 Å². The Hall–Kier alpha value is -3.78. The highest BCUT2D eigenvalue weighted by atomic mass is 16.3. The zero-order valence-corrected chi connectivity index (χ0v) is 19.7. The summed E-state index contributed by atoms with van der Waals surface area (Å²) in [5.74, 6) is -1.51.